The molecule has 0 saturated carbocycles. The molecule has 1 aliphatic heterocycles. The number of hydrogen-bond donors (Lipinski definition) is 1. The molecule has 1 heterocycles. The van der Waals surface area contributed by atoms with E-state index in [4.69, 9.17) is 11.6 Å². The number of nitrogens with zero attached hydrogens (tertiary/aromatic N) is 1. The van der Waals surface area contributed by atoms with Crippen LogP contribution in [0.25, 0.3) is 0 Å². The quantitative estimate of drug-likeness (QED) is 0.766. The van der Waals surface area contributed by atoms with E-state index < -0.39 is 0 Å². The van der Waals surface area contributed by atoms with Gasteiger partial charge in [0, 0.05) is 36.1 Å². The average molecular weight is 365 g/mol. The van der Waals surface area contributed by atoms with Crippen molar-refractivity contribution < 1.29 is 9.59 Å². The highest BCUT2D eigenvalue weighted by molar-refractivity contribution is 6.30. The summed E-state index contributed by atoms with van der Waals surface area (Å²) in [5.74, 6) is 0.0865. The number of rotatable bonds is 6. The Morgan fingerprint density at radius 2 is 1.92 bits per heavy atom. The molecule has 0 bridgehead atoms. The zero-order valence-corrected chi connectivity index (χ0v) is 16.2. The summed E-state index contributed by atoms with van der Waals surface area (Å²) in [4.78, 5) is 26.6. The van der Waals surface area contributed by atoms with Gasteiger partial charge in [0.05, 0.1) is 0 Å². The molecule has 0 aliphatic carbocycles. The van der Waals surface area contributed by atoms with Crippen molar-refractivity contribution in [3.63, 3.8) is 0 Å². The Labute approximate surface area is 155 Å². The van der Waals surface area contributed by atoms with Gasteiger partial charge in [-0.3, -0.25) is 9.59 Å². The summed E-state index contributed by atoms with van der Waals surface area (Å²) in [5, 5.41) is 3.47. The molecule has 1 atom stereocenters. The van der Waals surface area contributed by atoms with Crippen molar-refractivity contribution in [3.05, 3.63) is 34.9 Å². The second-order valence-corrected chi connectivity index (χ2v) is 8.45. The molecule has 4 nitrogen and oxygen atoms in total. The zero-order chi connectivity index (χ0) is 18.4. The highest BCUT2D eigenvalue weighted by Crippen LogP contribution is 2.30. The number of nitrogens with one attached hydrogen (secondary N) is 1. The molecule has 1 fully saturated rings. The molecule has 1 aromatic carbocycles. The molecule has 2 amide bonds. The zero-order valence-electron chi connectivity index (χ0n) is 15.5. The molecule has 1 N–H and O–H groups in total. The van der Waals surface area contributed by atoms with Crippen molar-refractivity contribution in [3.8, 4) is 0 Å². The lowest BCUT2D eigenvalue weighted by atomic mass is 9.87. The summed E-state index contributed by atoms with van der Waals surface area (Å²) >= 11 is 5.82. The van der Waals surface area contributed by atoms with Crippen molar-refractivity contribution in [2.45, 2.75) is 58.9 Å². The molecule has 0 aromatic heterocycles. The van der Waals surface area contributed by atoms with Gasteiger partial charge in [-0.05, 0) is 55.4 Å². The van der Waals surface area contributed by atoms with Crippen molar-refractivity contribution in [1.29, 1.82) is 0 Å². The molecule has 138 valence electrons. The number of likely N-dealkylation sites (tertiary alicyclic amines) is 1. The van der Waals surface area contributed by atoms with Gasteiger partial charge in [-0.25, -0.2) is 0 Å². The highest BCUT2D eigenvalue weighted by Gasteiger charge is 2.31. The highest BCUT2D eigenvalue weighted by atomic mass is 35.5. The van der Waals surface area contributed by atoms with Gasteiger partial charge in [0.1, 0.15) is 0 Å². The second-order valence-electron chi connectivity index (χ2n) is 8.01. The third-order valence-electron chi connectivity index (χ3n) is 4.50. The minimum Gasteiger partial charge on any atom is -0.352 e. The van der Waals surface area contributed by atoms with E-state index in [2.05, 4.69) is 26.1 Å². The van der Waals surface area contributed by atoms with Crippen LogP contribution >= 0.6 is 11.6 Å². The topological polar surface area (TPSA) is 49.4 Å². The molecule has 5 heteroatoms. The van der Waals surface area contributed by atoms with Gasteiger partial charge in [0.25, 0.3) is 5.91 Å². The Morgan fingerprint density at radius 1 is 1.24 bits per heavy atom. The first-order valence-corrected chi connectivity index (χ1v) is 9.47. The van der Waals surface area contributed by atoms with E-state index in [9.17, 15) is 9.59 Å². The Balaban J connectivity index is 1.73. The van der Waals surface area contributed by atoms with E-state index in [0.29, 0.717) is 36.0 Å². The van der Waals surface area contributed by atoms with Crippen molar-refractivity contribution in [2.75, 3.05) is 13.1 Å². The maximum absolute atomic E-state index is 12.5. The standard InChI is InChI=1S/C20H29ClN2O2/c1-20(2,3)14-17-6-5-13-23(17)18(24)7-4-12-22-19(25)15-8-10-16(21)11-9-15/h8-11,17H,4-7,12-14H2,1-3H3,(H,22,25). The molecule has 2 rings (SSSR count). The van der Waals surface area contributed by atoms with Crippen LogP contribution in [0.15, 0.2) is 24.3 Å². The number of benzene rings is 1. The van der Waals surface area contributed by atoms with Crippen LogP contribution in [0, 0.1) is 5.41 Å². The number of carbonyl (C=O) groups is 2. The number of carbonyl (C=O) groups excluding carboxylic acids is 2. The van der Waals surface area contributed by atoms with Crippen LogP contribution in [-0.4, -0.2) is 35.8 Å². The van der Waals surface area contributed by atoms with Gasteiger partial charge in [-0.2, -0.15) is 0 Å². The van der Waals surface area contributed by atoms with Gasteiger partial charge in [-0.1, -0.05) is 32.4 Å². The lowest BCUT2D eigenvalue weighted by Crippen LogP contribution is -2.38. The minimum absolute atomic E-state index is 0.129. The fourth-order valence-electron chi connectivity index (χ4n) is 3.37. The van der Waals surface area contributed by atoms with E-state index in [0.717, 1.165) is 25.8 Å². The van der Waals surface area contributed by atoms with E-state index in [1.54, 1.807) is 24.3 Å². The van der Waals surface area contributed by atoms with E-state index in [1.165, 1.54) is 0 Å². The van der Waals surface area contributed by atoms with Crippen molar-refractivity contribution in [2.24, 2.45) is 5.41 Å². The number of halogens is 1. The lowest BCUT2D eigenvalue weighted by Gasteiger charge is -2.30. The summed E-state index contributed by atoms with van der Waals surface area (Å²) in [7, 11) is 0. The Morgan fingerprint density at radius 3 is 2.56 bits per heavy atom. The molecule has 1 aliphatic rings. The average Bonchev–Trinajstić information content (AvgIpc) is 2.98. The molecular weight excluding hydrogens is 336 g/mol. The van der Waals surface area contributed by atoms with E-state index >= 15 is 0 Å². The third-order valence-corrected chi connectivity index (χ3v) is 4.76. The molecule has 1 saturated heterocycles. The predicted octanol–water partition coefficient (Wildman–Crippen LogP) is 4.28. The monoisotopic (exact) mass is 364 g/mol. The van der Waals surface area contributed by atoms with Gasteiger partial charge < -0.3 is 10.2 Å². The fraction of sp³-hybridized carbons (Fsp3) is 0.600. The molecule has 25 heavy (non-hydrogen) atoms. The Bertz CT molecular complexity index is 593. The Hall–Kier alpha value is -1.55. The first kappa shape index (κ1) is 19.8. The lowest BCUT2D eigenvalue weighted by molar-refractivity contribution is -0.132. The van der Waals surface area contributed by atoms with Crippen LogP contribution in [0.3, 0.4) is 0 Å². The van der Waals surface area contributed by atoms with Crippen molar-refractivity contribution >= 4 is 23.4 Å². The predicted molar refractivity (Wildman–Crippen MR) is 102 cm³/mol. The molecule has 0 spiro atoms. The maximum Gasteiger partial charge on any atom is 0.251 e. The first-order valence-electron chi connectivity index (χ1n) is 9.09. The van der Waals surface area contributed by atoms with Gasteiger partial charge in [0.2, 0.25) is 5.91 Å². The number of hydrogen-bond acceptors (Lipinski definition) is 2. The maximum atomic E-state index is 12.5. The van der Waals surface area contributed by atoms with Gasteiger partial charge >= 0.3 is 0 Å². The van der Waals surface area contributed by atoms with Gasteiger partial charge in [0.15, 0.2) is 0 Å². The van der Waals surface area contributed by atoms with Gasteiger partial charge in [-0.15, -0.1) is 0 Å². The molecule has 1 aromatic rings. The summed E-state index contributed by atoms with van der Waals surface area (Å²) < 4.78 is 0. The third kappa shape index (κ3) is 6.35. The van der Waals surface area contributed by atoms with Crippen LogP contribution in [0.5, 0.6) is 0 Å². The summed E-state index contributed by atoms with van der Waals surface area (Å²) in [6.45, 7) is 8.04. The summed E-state index contributed by atoms with van der Waals surface area (Å²) in [6, 6.07) is 7.16. The normalized spacial score (nSPS) is 17.6. The molecule has 1 unspecified atom stereocenters. The Kier molecular flexibility index (Phi) is 6.88. The SMILES string of the molecule is CC(C)(C)CC1CCCN1C(=O)CCCNC(=O)c1ccc(Cl)cc1. The summed E-state index contributed by atoms with van der Waals surface area (Å²) in [5.41, 5.74) is 0.820. The first-order chi connectivity index (χ1) is 11.8. The smallest absolute Gasteiger partial charge is 0.251 e. The number of amides is 2. The van der Waals surface area contributed by atoms with Crippen LogP contribution in [0.1, 0.15) is 63.2 Å². The molecule has 0 radical (unpaired) electrons. The van der Waals surface area contributed by atoms with Crippen LogP contribution < -0.4 is 5.32 Å². The van der Waals surface area contributed by atoms with Crippen LogP contribution in [0.2, 0.25) is 5.02 Å². The van der Waals surface area contributed by atoms with Crippen molar-refractivity contribution in [1.82, 2.24) is 10.2 Å². The van der Waals surface area contributed by atoms with E-state index in [1.807, 2.05) is 4.90 Å². The fourth-order valence-corrected chi connectivity index (χ4v) is 3.50. The van der Waals surface area contributed by atoms with E-state index in [-0.39, 0.29) is 17.2 Å². The summed E-state index contributed by atoms with van der Waals surface area (Å²) in [6.07, 6.45) is 4.40. The minimum atomic E-state index is -0.129. The largest absolute Gasteiger partial charge is 0.352 e. The molecular formula is C20H29ClN2O2. The van der Waals surface area contributed by atoms with Crippen LogP contribution in [0.4, 0.5) is 0 Å². The second kappa shape index (κ2) is 8.70. The van der Waals surface area contributed by atoms with Crippen LogP contribution in [-0.2, 0) is 4.79 Å².